The number of nitriles is 1. The van der Waals surface area contributed by atoms with E-state index in [0.29, 0.717) is 11.5 Å². The summed E-state index contributed by atoms with van der Waals surface area (Å²) >= 11 is 0. The number of piperidine rings is 1. The normalized spacial score (nSPS) is 34.3. The van der Waals surface area contributed by atoms with Crippen LogP contribution in [0.1, 0.15) is 32.1 Å². The van der Waals surface area contributed by atoms with E-state index in [1.165, 1.54) is 19.3 Å². The van der Waals surface area contributed by atoms with Gasteiger partial charge in [-0.2, -0.15) is 5.26 Å². The fourth-order valence-electron chi connectivity index (χ4n) is 2.25. The van der Waals surface area contributed by atoms with E-state index in [4.69, 9.17) is 5.26 Å². The van der Waals surface area contributed by atoms with Crippen molar-refractivity contribution >= 4 is 0 Å². The minimum absolute atomic E-state index is 0.330. The molecule has 2 fully saturated rings. The van der Waals surface area contributed by atoms with E-state index < -0.39 is 0 Å². The first-order valence-electron chi connectivity index (χ1n) is 4.49. The molecule has 0 amide bonds. The summed E-state index contributed by atoms with van der Waals surface area (Å²) in [6, 6.07) is 2.39. The van der Waals surface area contributed by atoms with Crippen molar-refractivity contribution in [1.29, 1.82) is 5.26 Å². The third kappa shape index (κ3) is 1.14. The number of nitrogens with zero attached hydrogens (tertiary/aromatic N) is 1. The zero-order chi connectivity index (χ0) is 7.73. The molecule has 60 valence electrons. The van der Waals surface area contributed by atoms with Gasteiger partial charge in [0.05, 0.1) is 6.07 Å². The molecular formula is C9H14N2. The highest BCUT2D eigenvalue weighted by Gasteiger charge is 2.40. The van der Waals surface area contributed by atoms with Gasteiger partial charge in [-0.3, -0.25) is 0 Å². The SMILES string of the molecule is N#CC1CCNC2(CCC2)C1. The van der Waals surface area contributed by atoms with Gasteiger partial charge in [-0.05, 0) is 38.6 Å². The van der Waals surface area contributed by atoms with Crippen molar-refractivity contribution in [2.24, 2.45) is 5.92 Å². The molecule has 1 unspecified atom stereocenters. The van der Waals surface area contributed by atoms with Gasteiger partial charge in [-0.25, -0.2) is 0 Å². The molecule has 0 aromatic carbocycles. The van der Waals surface area contributed by atoms with E-state index >= 15 is 0 Å². The van der Waals surface area contributed by atoms with Gasteiger partial charge in [-0.15, -0.1) is 0 Å². The Morgan fingerprint density at radius 3 is 2.82 bits per heavy atom. The maximum atomic E-state index is 8.77. The van der Waals surface area contributed by atoms with Crippen molar-refractivity contribution in [2.75, 3.05) is 6.54 Å². The van der Waals surface area contributed by atoms with Crippen LogP contribution in [0.15, 0.2) is 0 Å². The second kappa shape index (κ2) is 2.49. The lowest BCUT2D eigenvalue weighted by molar-refractivity contribution is 0.123. The van der Waals surface area contributed by atoms with Gasteiger partial charge in [0.25, 0.3) is 0 Å². The maximum absolute atomic E-state index is 8.77. The molecule has 11 heavy (non-hydrogen) atoms. The predicted octanol–water partition coefficient (Wildman–Crippen LogP) is 1.43. The highest BCUT2D eigenvalue weighted by Crippen LogP contribution is 2.39. The fraction of sp³-hybridized carbons (Fsp3) is 0.889. The van der Waals surface area contributed by atoms with E-state index in [2.05, 4.69) is 11.4 Å². The van der Waals surface area contributed by atoms with Crippen LogP contribution < -0.4 is 5.32 Å². The van der Waals surface area contributed by atoms with Crippen molar-refractivity contribution in [3.63, 3.8) is 0 Å². The minimum atomic E-state index is 0.330. The van der Waals surface area contributed by atoms with Crippen LogP contribution in [0, 0.1) is 17.2 Å². The molecule has 2 rings (SSSR count). The molecule has 2 heteroatoms. The van der Waals surface area contributed by atoms with E-state index in [0.717, 1.165) is 19.4 Å². The van der Waals surface area contributed by atoms with Crippen LogP contribution in [0.2, 0.25) is 0 Å². The molecule has 1 aliphatic carbocycles. The molecule has 1 saturated carbocycles. The van der Waals surface area contributed by atoms with Crippen LogP contribution >= 0.6 is 0 Å². The van der Waals surface area contributed by atoms with Crippen molar-refractivity contribution in [2.45, 2.75) is 37.6 Å². The Balaban J connectivity index is 1.98. The number of nitrogens with one attached hydrogen (secondary N) is 1. The quantitative estimate of drug-likeness (QED) is 0.567. The number of rotatable bonds is 0. The summed E-state index contributed by atoms with van der Waals surface area (Å²) in [5, 5.41) is 12.3. The number of hydrogen-bond acceptors (Lipinski definition) is 2. The summed E-state index contributed by atoms with van der Waals surface area (Å²) in [4.78, 5) is 0. The Labute approximate surface area is 67.6 Å². The van der Waals surface area contributed by atoms with Crippen molar-refractivity contribution in [3.05, 3.63) is 0 Å². The average Bonchev–Trinajstić information content (AvgIpc) is 2.02. The number of hydrogen-bond donors (Lipinski definition) is 1. The molecule has 1 heterocycles. The molecule has 0 bridgehead atoms. The first kappa shape index (κ1) is 7.12. The van der Waals surface area contributed by atoms with Gasteiger partial charge in [0.15, 0.2) is 0 Å². The Kier molecular flexibility index (Phi) is 1.61. The molecule has 0 aromatic heterocycles. The van der Waals surface area contributed by atoms with Gasteiger partial charge in [0.1, 0.15) is 0 Å². The lowest BCUT2D eigenvalue weighted by Crippen LogP contribution is -2.55. The minimum Gasteiger partial charge on any atom is -0.311 e. The predicted molar refractivity (Wildman–Crippen MR) is 42.9 cm³/mol. The summed E-state index contributed by atoms with van der Waals surface area (Å²) < 4.78 is 0. The van der Waals surface area contributed by atoms with Crippen LogP contribution in [0.4, 0.5) is 0 Å². The molecule has 1 spiro atoms. The smallest absolute Gasteiger partial charge is 0.0657 e. The second-order valence-electron chi connectivity index (χ2n) is 3.88. The summed E-state index contributed by atoms with van der Waals surface area (Å²) in [6.45, 7) is 1.05. The Hall–Kier alpha value is -0.550. The average molecular weight is 150 g/mol. The standard InChI is InChI=1S/C9H14N2/c10-7-8-2-5-11-9(6-8)3-1-4-9/h8,11H,1-6H2. The second-order valence-corrected chi connectivity index (χ2v) is 3.88. The van der Waals surface area contributed by atoms with Crippen LogP contribution in [-0.2, 0) is 0 Å². The zero-order valence-electron chi connectivity index (χ0n) is 6.77. The van der Waals surface area contributed by atoms with Crippen LogP contribution in [0.5, 0.6) is 0 Å². The third-order valence-corrected chi connectivity index (χ3v) is 3.12. The molecule has 1 saturated heterocycles. The zero-order valence-corrected chi connectivity index (χ0v) is 6.77. The summed E-state index contributed by atoms with van der Waals surface area (Å²) in [5.41, 5.74) is 0.401. The fourth-order valence-corrected chi connectivity index (χ4v) is 2.25. The third-order valence-electron chi connectivity index (χ3n) is 3.12. The monoisotopic (exact) mass is 150 g/mol. The van der Waals surface area contributed by atoms with E-state index in [-0.39, 0.29) is 0 Å². The van der Waals surface area contributed by atoms with Crippen LogP contribution in [-0.4, -0.2) is 12.1 Å². The lowest BCUT2D eigenvalue weighted by Gasteiger charge is -2.47. The molecule has 1 aliphatic heterocycles. The molecule has 1 N–H and O–H groups in total. The Bertz CT molecular complexity index is 188. The van der Waals surface area contributed by atoms with E-state index in [1.54, 1.807) is 0 Å². The molecular weight excluding hydrogens is 136 g/mol. The first-order chi connectivity index (χ1) is 5.35. The van der Waals surface area contributed by atoms with Crippen molar-refractivity contribution in [1.82, 2.24) is 5.32 Å². The summed E-state index contributed by atoms with van der Waals surface area (Å²) in [5.74, 6) is 0.330. The van der Waals surface area contributed by atoms with Crippen molar-refractivity contribution < 1.29 is 0 Å². The highest BCUT2D eigenvalue weighted by atomic mass is 15.0. The summed E-state index contributed by atoms with van der Waals surface area (Å²) in [7, 11) is 0. The van der Waals surface area contributed by atoms with Gasteiger partial charge in [0, 0.05) is 11.5 Å². The topological polar surface area (TPSA) is 35.8 Å². The first-order valence-corrected chi connectivity index (χ1v) is 4.49. The molecule has 0 aromatic rings. The Morgan fingerprint density at radius 1 is 1.45 bits per heavy atom. The molecule has 1 atom stereocenters. The van der Waals surface area contributed by atoms with Crippen LogP contribution in [0.3, 0.4) is 0 Å². The van der Waals surface area contributed by atoms with Crippen LogP contribution in [0.25, 0.3) is 0 Å². The van der Waals surface area contributed by atoms with Gasteiger partial charge >= 0.3 is 0 Å². The lowest BCUT2D eigenvalue weighted by atomic mass is 9.69. The molecule has 0 radical (unpaired) electrons. The molecule has 2 nitrogen and oxygen atoms in total. The Morgan fingerprint density at radius 2 is 2.27 bits per heavy atom. The van der Waals surface area contributed by atoms with Gasteiger partial charge in [-0.1, -0.05) is 0 Å². The summed E-state index contributed by atoms with van der Waals surface area (Å²) in [6.07, 6.45) is 6.10. The van der Waals surface area contributed by atoms with Gasteiger partial charge < -0.3 is 5.32 Å². The maximum Gasteiger partial charge on any atom is 0.0657 e. The van der Waals surface area contributed by atoms with Gasteiger partial charge in [0.2, 0.25) is 0 Å². The molecule has 2 aliphatic rings. The van der Waals surface area contributed by atoms with E-state index in [9.17, 15) is 0 Å². The largest absolute Gasteiger partial charge is 0.311 e. The van der Waals surface area contributed by atoms with E-state index in [1.807, 2.05) is 0 Å². The van der Waals surface area contributed by atoms with Crippen molar-refractivity contribution in [3.8, 4) is 6.07 Å². The highest BCUT2D eigenvalue weighted by molar-refractivity contribution is 5.04.